The van der Waals surface area contributed by atoms with Crippen molar-refractivity contribution in [1.82, 2.24) is 10.2 Å². The summed E-state index contributed by atoms with van der Waals surface area (Å²) >= 11 is 9.99. The largest absolute Gasteiger partial charge is 0.287 e. The molecule has 0 bridgehead atoms. The van der Waals surface area contributed by atoms with E-state index in [2.05, 4.69) is 58.0 Å². The molecule has 1 rings (SSSR count). The van der Waals surface area contributed by atoms with Crippen LogP contribution in [0.3, 0.4) is 0 Å². The lowest BCUT2D eigenvalue weighted by Crippen LogP contribution is -2.26. The van der Waals surface area contributed by atoms with E-state index < -0.39 is 13.7 Å². The molecule has 0 amide bonds. The lowest BCUT2D eigenvalue weighted by molar-refractivity contribution is -0.113. The van der Waals surface area contributed by atoms with Crippen LogP contribution in [-0.4, -0.2) is 23.9 Å². The van der Waals surface area contributed by atoms with Gasteiger partial charge in [0.05, 0.1) is 0 Å². The molecule has 0 aromatic carbocycles. The van der Waals surface area contributed by atoms with Gasteiger partial charge in [-0.2, -0.15) is 0 Å². The fourth-order valence-electron chi connectivity index (χ4n) is 0.614. The third-order valence-corrected chi connectivity index (χ3v) is 3.10. The maximum absolute atomic E-state index is 11.5. The number of nitrogens with zero attached hydrogens (tertiary/aromatic N) is 2. The van der Waals surface area contributed by atoms with Crippen molar-refractivity contribution < 1.29 is 9.59 Å². The smallest absolute Gasteiger partial charge is 0.262 e. The van der Waals surface area contributed by atoms with E-state index in [-0.39, 0.29) is 5.01 Å². The van der Waals surface area contributed by atoms with E-state index in [9.17, 15) is 9.59 Å². The molecule has 0 fully saturated rings. The van der Waals surface area contributed by atoms with Crippen LogP contribution in [0.2, 0.25) is 0 Å². The fraction of sp³-hybridized carbons (Fsp3) is 0.333. The number of hydrogen-bond acceptors (Lipinski definition) is 5. The van der Waals surface area contributed by atoms with E-state index in [4.69, 9.17) is 0 Å². The molecule has 1 aromatic heterocycles. The summed E-state index contributed by atoms with van der Waals surface area (Å²) in [4.78, 5) is 22.9. The summed E-state index contributed by atoms with van der Waals surface area (Å²) in [5.41, 5.74) is 0. The SMILES string of the molecule is Cc1nnc(C(=O)C(=O)C(Br)(Br)Br)s1. The number of halogens is 3. The molecule has 0 N–H and O–H groups in total. The van der Waals surface area contributed by atoms with Crippen LogP contribution in [0.1, 0.15) is 14.8 Å². The summed E-state index contributed by atoms with van der Waals surface area (Å²) in [5.74, 6) is -1.35. The molecule has 4 nitrogen and oxygen atoms in total. The van der Waals surface area contributed by atoms with E-state index in [0.717, 1.165) is 11.3 Å². The van der Waals surface area contributed by atoms with Crippen LogP contribution in [0, 0.1) is 6.92 Å². The van der Waals surface area contributed by atoms with Crippen LogP contribution < -0.4 is 0 Å². The van der Waals surface area contributed by atoms with Crippen molar-refractivity contribution >= 4 is 70.7 Å². The molecule has 0 aliphatic heterocycles. The lowest BCUT2D eigenvalue weighted by atomic mass is 10.3. The normalized spacial score (nSPS) is 11.4. The minimum Gasteiger partial charge on any atom is -0.287 e. The molecule has 0 aliphatic carbocycles. The van der Waals surface area contributed by atoms with Crippen molar-refractivity contribution in [2.24, 2.45) is 0 Å². The molecule has 8 heteroatoms. The Balaban J connectivity index is 2.92. The van der Waals surface area contributed by atoms with Gasteiger partial charge in [0.1, 0.15) is 5.01 Å². The summed E-state index contributed by atoms with van der Waals surface area (Å²) in [6.45, 7) is 1.71. The van der Waals surface area contributed by atoms with E-state index >= 15 is 0 Å². The molecule has 0 atom stereocenters. The second kappa shape index (κ2) is 4.46. The van der Waals surface area contributed by atoms with Crippen LogP contribution >= 0.6 is 59.1 Å². The highest BCUT2D eigenvalue weighted by Crippen LogP contribution is 2.35. The van der Waals surface area contributed by atoms with Gasteiger partial charge in [0, 0.05) is 0 Å². The van der Waals surface area contributed by atoms with Crippen molar-refractivity contribution in [3.05, 3.63) is 10.0 Å². The minimum atomic E-state index is -1.22. The first-order valence-corrected chi connectivity index (χ1v) is 6.48. The quantitative estimate of drug-likeness (QED) is 0.430. The van der Waals surface area contributed by atoms with E-state index in [0.29, 0.717) is 5.01 Å². The first kappa shape index (κ1) is 12.4. The van der Waals surface area contributed by atoms with Crippen LogP contribution in [0.4, 0.5) is 0 Å². The second-order valence-corrected chi connectivity index (χ2v) is 10.2. The average Bonchev–Trinajstić information content (AvgIpc) is 2.47. The first-order valence-electron chi connectivity index (χ1n) is 3.28. The highest BCUT2D eigenvalue weighted by Gasteiger charge is 2.36. The number of carbonyl (C=O) groups excluding carboxylic acids is 2. The van der Waals surface area contributed by atoms with Gasteiger partial charge in [0.15, 0.2) is 5.01 Å². The monoisotopic (exact) mass is 404 g/mol. The van der Waals surface area contributed by atoms with Gasteiger partial charge < -0.3 is 0 Å². The van der Waals surface area contributed by atoms with Crippen molar-refractivity contribution in [3.63, 3.8) is 0 Å². The zero-order valence-electron chi connectivity index (χ0n) is 6.75. The van der Waals surface area contributed by atoms with Crippen LogP contribution in [-0.2, 0) is 4.79 Å². The molecule has 0 saturated carbocycles. The third-order valence-electron chi connectivity index (χ3n) is 1.18. The minimum absolute atomic E-state index is 0.0928. The molecule has 0 aliphatic rings. The molecule has 1 aromatic rings. The number of ketones is 2. The zero-order valence-corrected chi connectivity index (χ0v) is 12.3. The molecule has 76 valence electrons. The van der Waals surface area contributed by atoms with E-state index in [1.54, 1.807) is 6.92 Å². The number of aryl methyl sites for hydroxylation is 1. The predicted molar refractivity (Wildman–Crippen MR) is 63.5 cm³/mol. The number of hydrogen-bond donors (Lipinski definition) is 0. The van der Waals surface area contributed by atoms with E-state index in [1.165, 1.54) is 0 Å². The molecule has 14 heavy (non-hydrogen) atoms. The highest BCUT2D eigenvalue weighted by atomic mass is 80.0. The van der Waals surface area contributed by atoms with Crippen molar-refractivity contribution in [3.8, 4) is 0 Å². The molecule has 0 spiro atoms. The first-order chi connectivity index (χ1) is 6.32. The topological polar surface area (TPSA) is 59.9 Å². The summed E-state index contributed by atoms with van der Waals surface area (Å²) in [7, 11) is 0. The maximum Gasteiger partial charge on any atom is 0.262 e. The number of carbonyl (C=O) groups is 2. The molecule has 0 radical (unpaired) electrons. The second-order valence-electron chi connectivity index (χ2n) is 2.28. The Morgan fingerprint density at radius 2 is 1.86 bits per heavy atom. The maximum atomic E-state index is 11.5. The number of aromatic nitrogens is 2. The Morgan fingerprint density at radius 1 is 1.29 bits per heavy atom. The Bertz CT molecular complexity index is 385. The van der Waals surface area contributed by atoms with Gasteiger partial charge in [-0.25, -0.2) is 0 Å². The number of rotatable bonds is 2. The van der Waals surface area contributed by atoms with Gasteiger partial charge in [-0.3, -0.25) is 9.59 Å². The molecular weight excluding hydrogens is 404 g/mol. The number of Topliss-reactive ketones (excluding diaryl/α,β-unsaturated/α-hetero) is 2. The van der Waals surface area contributed by atoms with Gasteiger partial charge in [-0.05, 0) is 6.92 Å². The van der Waals surface area contributed by atoms with Gasteiger partial charge in [0.2, 0.25) is 7.93 Å². The van der Waals surface area contributed by atoms with Crippen molar-refractivity contribution in [2.45, 2.75) is 9.07 Å². The Labute approximate surface area is 109 Å². The summed E-state index contributed by atoms with van der Waals surface area (Å²) in [6.07, 6.45) is 0. The zero-order chi connectivity index (χ0) is 10.9. The van der Waals surface area contributed by atoms with Gasteiger partial charge >= 0.3 is 0 Å². The predicted octanol–water partition coefficient (Wildman–Crippen LogP) is 2.44. The van der Waals surface area contributed by atoms with E-state index in [1.807, 2.05) is 0 Å². The summed E-state index contributed by atoms with van der Waals surface area (Å²) in [6, 6.07) is 0. The van der Waals surface area contributed by atoms with Crippen LogP contribution in [0.5, 0.6) is 0 Å². The highest BCUT2D eigenvalue weighted by molar-refractivity contribution is 9.40. The third kappa shape index (κ3) is 2.91. The lowest BCUT2D eigenvalue weighted by Gasteiger charge is -2.06. The Hall–Kier alpha value is 0.340. The Kier molecular flexibility index (Phi) is 3.95. The fourth-order valence-corrected chi connectivity index (χ4v) is 1.78. The summed E-state index contributed by atoms with van der Waals surface area (Å²) < 4.78 is -1.22. The molecule has 0 saturated heterocycles. The van der Waals surface area contributed by atoms with Gasteiger partial charge in [-0.15, -0.1) is 10.2 Å². The van der Waals surface area contributed by atoms with Crippen LogP contribution in [0.25, 0.3) is 0 Å². The molecular formula is C6H3Br3N2O2S. The molecule has 0 unspecified atom stereocenters. The molecule has 1 heterocycles. The summed E-state index contributed by atoms with van der Waals surface area (Å²) in [5, 5.41) is 7.97. The average molecular weight is 407 g/mol. The van der Waals surface area contributed by atoms with Gasteiger partial charge in [0.25, 0.3) is 5.78 Å². The number of alkyl halides is 3. The van der Waals surface area contributed by atoms with Crippen molar-refractivity contribution in [2.75, 3.05) is 0 Å². The van der Waals surface area contributed by atoms with Gasteiger partial charge in [-0.1, -0.05) is 59.1 Å². The van der Waals surface area contributed by atoms with Crippen molar-refractivity contribution in [1.29, 1.82) is 0 Å². The van der Waals surface area contributed by atoms with Crippen LogP contribution in [0.15, 0.2) is 0 Å². The Morgan fingerprint density at radius 3 is 2.21 bits per heavy atom. The standard InChI is InChI=1S/C6H3Br3N2O2S/c1-2-10-11-5(14-2)3(12)4(13)6(7,8)9/h1H3.